The van der Waals surface area contributed by atoms with Crippen molar-refractivity contribution in [1.82, 2.24) is 0 Å². The molecule has 2 nitrogen and oxygen atoms in total. The lowest BCUT2D eigenvalue weighted by molar-refractivity contribution is 0.583. The van der Waals surface area contributed by atoms with E-state index in [1.807, 2.05) is 19.1 Å². The maximum atomic E-state index is 10.7. The molecule has 0 aromatic heterocycles. The molecule has 1 rings (SSSR count). The zero-order chi connectivity index (χ0) is 10.6. The maximum absolute atomic E-state index is 10.7. The van der Waals surface area contributed by atoms with Gasteiger partial charge in [0.1, 0.15) is 10.7 Å². The van der Waals surface area contributed by atoms with Crippen LogP contribution in [0.2, 0.25) is 0 Å². The zero-order valence-corrected chi connectivity index (χ0v) is 9.25. The Labute approximate surface area is 86.9 Å². The summed E-state index contributed by atoms with van der Waals surface area (Å²) in [6, 6.07) is 11.3. The Balaban J connectivity index is 2.63. The van der Waals surface area contributed by atoms with Crippen molar-refractivity contribution in [3.05, 3.63) is 35.9 Å². The second-order valence-electron chi connectivity index (χ2n) is 3.54. The van der Waals surface area contributed by atoms with Crippen molar-refractivity contribution >= 4 is 10.7 Å². The van der Waals surface area contributed by atoms with Crippen LogP contribution in [0.5, 0.6) is 0 Å². The van der Waals surface area contributed by atoms with Crippen LogP contribution in [0.1, 0.15) is 31.7 Å². The first-order chi connectivity index (χ1) is 6.61. The first kappa shape index (κ1) is 11.1. The monoisotopic (exact) mass is 210 g/mol. The van der Waals surface area contributed by atoms with Crippen LogP contribution in [0.4, 0.5) is 0 Å². The summed E-state index contributed by atoms with van der Waals surface area (Å²) in [6.07, 6.45) is 0.663. The Hall–Kier alpha value is -1.01. The molecule has 76 valence electrons. The number of hydrogen-bond donors (Lipinski definition) is 1. The molecule has 0 aliphatic carbocycles. The third kappa shape index (κ3) is 3.04. The van der Waals surface area contributed by atoms with Crippen molar-refractivity contribution in [2.75, 3.05) is 0 Å². The Morgan fingerprint density at radius 3 is 2.57 bits per heavy atom. The van der Waals surface area contributed by atoms with E-state index in [0.29, 0.717) is 6.42 Å². The van der Waals surface area contributed by atoms with Gasteiger partial charge in [0.15, 0.2) is 0 Å². The molecule has 0 N–H and O–H groups in total. The summed E-state index contributed by atoms with van der Waals surface area (Å²) in [5, 5.41) is -0.260. The van der Waals surface area contributed by atoms with Crippen LogP contribution < -0.4 is 0 Å². The van der Waals surface area contributed by atoms with Crippen LogP contribution in [-0.2, 0) is 10.7 Å². The van der Waals surface area contributed by atoms with Crippen LogP contribution in [-0.4, -0.2) is 13.7 Å². The lowest BCUT2D eigenvalue weighted by Crippen LogP contribution is -2.08. The predicted molar refractivity (Wildman–Crippen MR) is 56.9 cm³/mol. The first-order valence-electron chi connectivity index (χ1n) is 4.62. The fourth-order valence-electron chi connectivity index (χ4n) is 1.40. The Morgan fingerprint density at radius 2 is 2.07 bits per heavy atom. The van der Waals surface area contributed by atoms with Crippen molar-refractivity contribution in [1.29, 1.82) is 0 Å². The number of rotatable bonds is 4. The van der Waals surface area contributed by atoms with Gasteiger partial charge in [0.2, 0.25) is 0 Å². The summed E-state index contributed by atoms with van der Waals surface area (Å²) < 4.78 is 21.4. The molecule has 0 spiro atoms. The summed E-state index contributed by atoms with van der Waals surface area (Å²) >= 11 is 0. The number of hydrogen-bond acceptors (Lipinski definition) is 2. The molecule has 1 aromatic carbocycles. The van der Waals surface area contributed by atoms with Crippen molar-refractivity contribution < 1.29 is 8.42 Å². The van der Waals surface area contributed by atoms with Gasteiger partial charge < -0.3 is 0 Å². The molecule has 0 aliphatic heterocycles. The number of thiol groups is 1. The molecular formula is C11H14O2S. The van der Waals surface area contributed by atoms with Gasteiger partial charge in [-0.2, -0.15) is 0 Å². The van der Waals surface area contributed by atoms with E-state index in [9.17, 15) is 8.42 Å². The second kappa shape index (κ2) is 5.02. The van der Waals surface area contributed by atoms with Crippen LogP contribution in [0, 0.1) is 12.1 Å². The topological polar surface area (TPSA) is 34.1 Å². The Morgan fingerprint density at radius 1 is 1.36 bits per heavy atom. The van der Waals surface area contributed by atoms with E-state index in [1.54, 1.807) is 13.0 Å². The molecule has 0 amide bonds. The van der Waals surface area contributed by atoms with Crippen LogP contribution in [0.15, 0.2) is 18.2 Å². The van der Waals surface area contributed by atoms with Gasteiger partial charge in [0.25, 0.3) is 0 Å². The van der Waals surface area contributed by atoms with Gasteiger partial charge in [0, 0.05) is 0 Å². The Bertz CT molecular complexity index is 336. The molecular weight excluding hydrogens is 196 g/mol. The van der Waals surface area contributed by atoms with Crippen molar-refractivity contribution in [2.24, 2.45) is 0 Å². The van der Waals surface area contributed by atoms with Crippen molar-refractivity contribution in [3.8, 4) is 0 Å². The highest BCUT2D eigenvalue weighted by Crippen LogP contribution is 2.20. The molecule has 0 saturated carbocycles. The summed E-state index contributed by atoms with van der Waals surface area (Å²) in [7, 11) is -2.30. The second-order valence-corrected chi connectivity index (χ2v) is 4.99. The normalized spacial score (nSPS) is 14.8. The molecule has 0 aliphatic rings. The Kier molecular flexibility index (Phi) is 3.97. The smallest absolute Gasteiger partial charge is 0.142 e. The SMILES string of the molecule is CC(CC(C)[SH](=O)=O)c1cc#ccc1. The fourth-order valence-corrected chi connectivity index (χ4v) is 1.89. The third-order valence-corrected chi connectivity index (χ3v) is 3.24. The lowest BCUT2D eigenvalue weighted by Gasteiger charge is -2.12. The highest BCUT2D eigenvalue weighted by molar-refractivity contribution is 7.73. The third-order valence-electron chi connectivity index (χ3n) is 2.30. The predicted octanol–water partition coefficient (Wildman–Crippen LogP) is 1.78. The summed E-state index contributed by atoms with van der Waals surface area (Å²) in [5.74, 6) is 0.253. The largest absolute Gasteiger partial charge is 0.232 e. The van der Waals surface area contributed by atoms with Crippen LogP contribution >= 0.6 is 0 Å². The average Bonchev–Trinajstić information content (AvgIpc) is 2.19. The molecule has 2 atom stereocenters. The quantitative estimate of drug-likeness (QED) is 0.769. The standard InChI is InChI=1S/C11H14O2S/c1-9(8-10(2)14(12)13)11-6-4-3-5-7-11/h4,6-7,9-10,14H,8H2,1-2H3. The minimum absolute atomic E-state index is 0.253. The van der Waals surface area contributed by atoms with Gasteiger partial charge in [0.05, 0.1) is 5.25 Å². The highest BCUT2D eigenvalue weighted by atomic mass is 32.2. The lowest BCUT2D eigenvalue weighted by atomic mass is 9.97. The zero-order valence-electron chi connectivity index (χ0n) is 8.36. The molecule has 0 bridgehead atoms. The molecule has 3 heteroatoms. The van der Waals surface area contributed by atoms with E-state index < -0.39 is 10.7 Å². The maximum Gasteiger partial charge on any atom is 0.142 e. The summed E-state index contributed by atoms with van der Waals surface area (Å²) in [4.78, 5) is 0. The average molecular weight is 210 g/mol. The van der Waals surface area contributed by atoms with Gasteiger partial charge in [-0.05, 0) is 43.0 Å². The minimum Gasteiger partial charge on any atom is -0.232 e. The van der Waals surface area contributed by atoms with Crippen molar-refractivity contribution in [3.63, 3.8) is 0 Å². The molecule has 0 radical (unpaired) electrons. The van der Waals surface area contributed by atoms with Gasteiger partial charge >= 0.3 is 0 Å². The van der Waals surface area contributed by atoms with E-state index >= 15 is 0 Å². The van der Waals surface area contributed by atoms with E-state index in [1.165, 1.54) is 0 Å². The van der Waals surface area contributed by atoms with E-state index in [0.717, 1.165) is 5.56 Å². The fraction of sp³-hybridized carbons (Fsp3) is 0.455. The first-order valence-corrected chi connectivity index (χ1v) is 5.87. The summed E-state index contributed by atoms with van der Waals surface area (Å²) in [5.41, 5.74) is 1.12. The molecule has 0 fully saturated rings. The van der Waals surface area contributed by atoms with Gasteiger partial charge in [-0.15, -0.1) is 0 Å². The van der Waals surface area contributed by atoms with E-state index in [4.69, 9.17) is 0 Å². The molecule has 1 aromatic rings. The van der Waals surface area contributed by atoms with Crippen molar-refractivity contribution in [2.45, 2.75) is 31.4 Å². The van der Waals surface area contributed by atoms with Gasteiger partial charge in [-0.3, -0.25) is 0 Å². The molecule has 0 saturated heterocycles. The van der Waals surface area contributed by atoms with Gasteiger partial charge in [-0.25, -0.2) is 8.42 Å². The summed E-state index contributed by atoms with van der Waals surface area (Å²) in [6.45, 7) is 3.76. The van der Waals surface area contributed by atoms with Gasteiger partial charge in [-0.1, -0.05) is 19.1 Å². The van der Waals surface area contributed by atoms with E-state index in [-0.39, 0.29) is 11.2 Å². The van der Waals surface area contributed by atoms with Crippen LogP contribution in [0.3, 0.4) is 0 Å². The molecule has 2 unspecified atom stereocenters. The highest BCUT2D eigenvalue weighted by Gasteiger charge is 2.11. The van der Waals surface area contributed by atoms with E-state index in [2.05, 4.69) is 12.1 Å². The minimum atomic E-state index is -2.30. The van der Waals surface area contributed by atoms with Crippen LogP contribution in [0.25, 0.3) is 0 Å². The molecule has 0 heterocycles. The molecule has 14 heavy (non-hydrogen) atoms.